The highest BCUT2D eigenvalue weighted by molar-refractivity contribution is 5.94. The van der Waals surface area contributed by atoms with Crippen molar-refractivity contribution in [3.63, 3.8) is 0 Å². The van der Waals surface area contributed by atoms with Crippen LogP contribution in [0.5, 0.6) is 0 Å². The van der Waals surface area contributed by atoms with Crippen molar-refractivity contribution in [2.24, 2.45) is 5.41 Å². The molecule has 1 aliphatic carbocycles. The molecule has 6 nitrogen and oxygen atoms in total. The highest BCUT2D eigenvalue weighted by atomic mass is 19.1. The fourth-order valence-electron chi connectivity index (χ4n) is 4.96. The third-order valence-corrected chi connectivity index (χ3v) is 6.68. The van der Waals surface area contributed by atoms with E-state index in [-0.39, 0.29) is 5.91 Å². The highest BCUT2D eigenvalue weighted by Gasteiger charge is 2.54. The summed E-state index contributed by atoms with van der Waals surface area (Å²) in [5, 5.41) is 0. The van der Waals surface area contributed by atoms with Crippen molar-refractivity contribution in [1.82, 2.24) is 14.7 Å². The summed E-state index contributed by atoms with van der Waals surface area (Å²) in [6, 6.07) is 3.07. The Morgan fingerprint density at radius 1 is 1.03 bits per heavy atom. The molecule has 2 saturated heterocycles. The van der Waals surface area contributed by atoms with Crippen molar-refractivity contribution in [2.75, 3.05) is 58.3 Å². The van der Waals surface area contributed by atoms with E-state index in [0.717, 1.165) is 39.0 Å². The van der Waals surface area contributed by atoms with Gasteiger partial charge in [-0.3, -0.25) is 14.5 Å². The number of hydrogen-bond acceptors (Lipinski definition) is 4. The first-order chi connectivity index (χ1) is 13.7. The van der Waals surface area contributed by atoms with Crippen LogP contribution in [0.1, 0.15) is 30.1 Å². The molecular formula is C21H28F2N4O2. The van der Waals surface area contributed by atoms with Crippen molar-refractivity contribution in [2.45, 2.75) is 25.8 Å². The van der Waals surface area contributed by atoms with Crippen molar-refractivity contribution in [3.8, 4) is 0 Å². The largest absolute Gasteiger partial charge is 0.369 e. The Hall–Kier alpha value is -2.22. The van der Waals surface area contributed by atoms with Crippen LogP contribution in [0.4, 0.5) is 14.5 Å². The smallest absolute Gasteiger partial charge is 0.259 e. The van der Waals surface area contributed by atoms with Gasteiger partial charge in [0, 0.05) is 77.4 Å². The summed E-state index contributed by atoms with van der Waals surface area (Å²) in [7, 11) is 2.94. The summed E-state index contributed by atoms with van der Waals surface area (Å²) in [4.78, 5) is 30.9. The monoisotopic (exact) mass is 406 g/mol. The Labute approximate surface area is 170 Å². The Morgan fingerprint density at radius 2 is 1.59 bits per heavy atom. The van der Waals surface area contributed by atoms with Crippen LogP contribution in [0.2, 0.25) is 0 Å². The zero-order valence-electron chi connectivity index (χ0n) is 17.3. The van der Waals surface area contributed by atoms with E-state index in [1.807, 2.05) is 9.80 Å². The number of halogens is 2. The number of carbonyl (C=O) groups is 2. The van der Waals surface area contributed by atoms with Gasteiger partial charge in [0.15, 0.2) is 0 Å². The van der Waals surface area contributed by atoms with Gasteiger partial charge in [-0.05, 0) is 25.0 Å². The average Bonchev–Trinajstić information content (AvgIpc) is 2.58. The average molecular weight is 406 g/mol. The fourth-order valence-corrected chi connectivity index (χ4v) is 4.96. The molecule has 29 heavy (non-hydrogen) atoms. The van der Waals surface area contributed by atoms with E-state index in [1.165, 1.54) is 31.1 Å². The molecule has 0 radical (unpaired) electrons. The predicted molar refractivity (Wildman–Crippen MR) is 106 cm³/mol. The van der Waals surface area contributed by atoms with Crippen LogP contribution in [-0.2, 0) is 4.79 Å². The molecule has 158 valence electrons. The van der Waals surface area contributed by atoms with Gasteiger partial charge in [-0.1, -0.05) is 0 Å². The summed E-state index contributed by atoms with van der Waals surface area (Å²) in [6.45, 7) is 6.48. The van der Waals surface area contributed by atoms with Crippen LogP contribution in [0.25, 0.3) is 0 Å². The molecule has 2 heterocycles. The van der Waals surface area contributed by atoms with Crippen molar-refractivity contribution < 1.29 is 18.4 Å². The van der Waals surface area contributed by atoms with E-state index >= 15 is 0 Å². The molecule has 1 spiro atoms. The predicted octanol–water partition coefficient (Wildman–Crippen LogP) is 1.80. The maximum absolute atomic E-state index is 14.4. The molecule has 2 aliphatic heterocycles. The molecule has 1 saturated carbocycles. The Kier molecular flexibility index (Phi) is 5.01. The van der Waals surface area contributed by atoms with E-state index in [9.17, 15) is 18.4 Å². The van der Waals surface area contributed by atoms with Crippen LogP contribution in [-0.4, -0.2) is 85.9 Å². The number of piperazine rings is 1. The van der Waals surface area contributed by atoms with Crippen LogP contribution in [0.15, 0.2) is 12.1 Å². The zero-order chi connectivity index (χ0) is 20.9. The van der Waals surface area contributed by atoms with Crippen molar-refractivity contribution in [1.29, 1.82) is 0 Å². The lowest BCUT2D eigenvalue weighted by atomic mass is 9.60. The van der Waals surface area contributed by atoms with Gasteiger partial charge in [0.25, 0.3) is 5.91 Å². The van der Waals surface area contributed by atoms with E-state index in [4.69, 9.17) is 0 Å². The maximum Gasteiger partial charge on any atom is 0.259 e. The SMILES string of the molecule is CC(=O)N1CC2(CC(N3CCN(c4cc(F)c(C(=O)N(C)C)c(F)c4)CC3)C2)C1. The third-order valence-electron chi connectivity index (χ3n) is 6.68. The standard InChI is InChI=1S/C21H28F2N4O2/c1-14(28)27-12-21(13-27)10-16(11-21)26-6-4-25(5-7-26)15-8-17(22)19(18(23)9-15)20(29)24(2)3/h8-9,16H,4-7,10-13H2,1-3H3. The lowest BCUT2D eigenvalue weighted by molar-refractivity contribution is -0.155. The number of hydrogen-bond donors (Lipinski definition) is 0. The molecule has 0 unspecified atom stereocenters. The minimum atomic E-state index is -0.818. The third kappa shape index (κ3) is 3.58. The topological polar surface area (TPSA) is 47.1 Å². The Balaban J connectivity index is 1.33. The van der Waals surface area contributed by atoms with E-state index < -0.39 is 23.1 Å². The second-order valence-corrected chi connectivity index (χ2v) is 8.94. The van der Waals surface area contributed by atoms with Crippen LogP contribution in [0.3, 0.4) is 0 Å². The normalized spacial score (nSPS) is 21.7. The second kappa shape index (κ2) is 7.23. The quantitative estimate of drug-likeness (QED) is 0.768. The second-order valence-electron chi connectivity index (χ2n) is 8.94. The molecule has 0 N–H and O–H groups in total. The first kappa shape index (κ1) is 20.1. The van der Waals surface area contributed by atoms with Gasteiger partial charge in [0.2, 0.25) is 5.91 Å². The van der Waals surface area contributed by atoms with Crippen LogP contribution in [0, 0.1) is 17.0 Å². The summed E-state index contributed by atoms with van der Waals surface area (Å²) < 4.78 is 28.8. The first-order valence-electron chi connectivity index (χ1n) is 10.1. The molecule has 1 aromatic carbocycles. The molecule has 8 heteroatoms. The lowest BCUT2D eigenvalue weighted by Crippen LogP contribution is -2.68. The van der Waals surface area contributed by atoms with E-state index in [0.29, 0.717) is 30.2 Å². The lowest BCUT2D eigenvalue weighted by Gasteiger charge is -2.61. The minimum absolute atomic E-state index is 0.158. The van der Waals surface area contributed by atoms with Gasteiger partial charge < -0.3 is 14.7 Å². The van der Waals surface area contributed by atoms with Gasteiger partial charge in [-0.15, -0.1) is 0 Å². The van der Waals surface area contributed by atoms with E-state index in [2.05, 4.69) is 4.90 Å². The molecule has 1 aromatic rings. The molecule has 4 rings (SSSR count). The number of rotatable bonds is 3. The van der Waals surface area contributed by atoms with Gasteiger partial charge in [-0.2, -0.15) is 0 Å². The molecule has 3 fully saturated rings. The van der Waals surface area contributed by atoms with Gasteiger partial charge in [0.05, 0.1) is 0 Å². The summed E-state index contributed by atoms with van der Waals surface area (Å²) >= 11 is 0. The highest BCUT2D eigenvalue weighted by Crippen LogP contribution is 2.50. The molecule has 0 bridgehead atoms. The summed E-state index contributed by atoms with van der Waals surface area (Å²) in [5.74, 6) is -2.15. The molecule has 0 atom stereocenters. The van der Waals surface area contributed by atoms with Crippen LogP contribution >= 0.6 is 0 Å². The number of likely N-dealkylation sites (tertiary alicyclic amines) is 1. The summed E-state index contributed by atoms with van der Waals surface area (Å²) in [5.41, 5.74) is 0.308. The number of carbonyl (C=O) groups excluding carboxylic acids is 2. The Morgan fingerprint density at radius 3 is 2.07 bits per heavy atom. The number of nitrogens with zero attached hydrogens (tertiary/aromatic N) is 4. The fraction of sp³-hybridized carbons (Fsp3) is 0.619. The number of amides is 2. The molecular weight excluding hydrogens is 378 g/mol. The zero-order valence-corrected chi connectivity index (χ0v) is 17.3. The van der Waals surface area contributed by atoms with Crippen molar-refractivity contribution >= 4 is 17.5 Å². The van der Waals surface area contributed by atoms with Crippen molar-refractivity contribution in [3.05, 3.63) is 29.3 Å². The van der Waals surface area contributed by atoms with Crippen LogP contribution < -0.4 is 4.90 Å². The molecule has 2 amide bonds. The maximum atomic E-state index is 14.4. The van der Waals surface area contributed by atoms with Gasteiger partial charge in [0.1, 0.15) is 17.2 Å². The van der Waals surface area contributed by atoms with E-state index in [1.54, 1.807) is 6.92 Å². The van der Waals surface area contributed by atoms with Gasteiger partial charge >= 0.3 is 0 Å². The molecule has 0 aromatic heterocycles. The van der Waals surface area contributed by atoms with Gasteiger partial charge in [-0.25, -0.2) is 8.78 Å². The first-order valence-corrected chi connectivity index (χ1v) is 10.1. The number of anilines is 1. The molecule has 3 aliphatic rings. The summed E-state index contributed by atoms with van der Waals surface area (Å²) in [6.07, 6.45) is 2.25. The minimum Gasteiger partial charge on any atom is -0.369 e. The number of benzene rings is 1. The Bertz CT molecular complexity index is 799.